The van der Waals surface area contributed by atoms with E-state index in [4.69, 9.17) is 0 Å². The van der Waals surface area contributed by atoms with Crippen LogP contribution < -0.4 is 10.9 Å². The first-order valence-corrected chi connectivity index (χ1v) is 7.89. The molecule has 0 saturated carbocycles. The number of rotatable bonds is 8. The number of hydrogen-bond donors (Lipinski definition) is 2. The van der Waals surface area contributed by atoms with E-state index in [1.807, 2.05) is 6.92 Å². The number of unbranched alkanes of at least 4 members (excludes halogenated alkanes) is 1. The Morgan fingerprint density at radius 3 is 2.52 bits per heavy atom. The van der Waals surface area contributed by atoms with E-state index in [2.05, 4.69) is 5.32 Å². The molecule has 1 amide bonds. The van der Waals surface area contributed by atoms with Crippen LogP contribution in [0.5, 0.6) is 0 Å². The lowest BCUT2D eigenvalue weighted by atomic mass is 9.91. The predicted octanol–water partition coefficient (Wildman–Crippen LogP) is 1.94. The number of amides is 1. The Bertz CT molecular complexity index is 619. The molecule has 1 unspecified atom stereocenters. The highest BCUT2D eigenvalue weighted by atomic mass is 16.4. The lowest BCUT2D eigenvalue weighted by Crippen LogP contribution is -2.48. The molecule has 0 aliphatic rings. The Kier molecular flexibility index (Phi) is 6.54. The minimum Gasteiger partial charge on any atom is -0.480 e. The predicted molar refractivity (Wildman–Crippen MR) is 88.3 cm³/mol. The van der Waals surface area contributed by atoms with Crippen molar-refractivity contribution in [2.45, 2.75) is 59.5 Å². The van der Waals surface area contributed by atoms with Crippen LogP contribution in [0.4, 0.5) is 0 Å². The van der Waals surface area contributed by atoms with Crippen LogP contribution in [-0.2, 0) is 16.1 Å². The molecule has 0 spiro atoms. The van der Waals surface area contributed by atoms with Crippen molar-refractivity contribution >= 4 is 11.9 Å². The number of aryl methyl sites for hydroxylation is 1. The molecular formula is C17H26N2O4. The van der Waals surface area contributed by atoms with Gasteiger partial charge in [0.15, 0.2) is 0 Å². The Balaban J connectivity index is 2.87. The average molecular weight is 322 g/mol. The highest BCUT2D eigenvalue weighted by molar-refractivity contribution is 5.86. The number of aliphatic carboxylic acids is 1. The molecule has 23 heavy (non-hydrogen) atoms. The maximum atomic E-state index is 12.5. The Labute approximate surface area is 136 Å². The zero-order valence-electron chi connectivity index (χ0n) is 14.3. The van der Waals surface area contributed by atoms with Crippen LogP contribution in [0.25, 0.3) is 0 Å². The zero-order valence-corrected chi connectivity index (χ0v) is 14.3. The molecule has 0 saturated heterocycles. The number of nitrogens with zero attached hydrogens (tertiary/aromatic N) is 1. The molecule has 0 aromatic carbocycles. The number of carbonyl (C=O) groups excluding carboxylic acids is 1. The summed E-state index contributed by atoms with van der Waals surface area (Å²) in [5.41, 5.74) is -0.304. The first-order valence-electron chi connectivity index (χ1n) is 7.89. The van der Waals surface area contributed by atoms with Gasteiger partial charge in [-0.3, -0.25) is 9.59 Å². The summed E-state index contributed by atoms with van der Waals surface area (Å²) in [4.78, 5) is 35.7. The SMILES string of the molecule is CCCCC(NC(=O)C(C)(C)Cn1c(C)cccc1=O)C(=O)O. The summed E-state index contributed by atoms with van der Waals surface area (Å²) >= 11 is 0. The fourth-order valence-electron chi connectivity index (χ4n) is 2.31. The summed E-state index contributed by atoms with van der Waals surface area (Å²) in [6.07, 6.45) is 1.99. The monoisotopic (exact) mass is 322 g/mol. The number of aromatic nitrogens is 1. The minimum absolute atomic E-state index is 0.174. The number of carboxylic acids is 1. The van der Waals surface area contributed by atoms with E-state index in [1.54, 1.807) is 32.9 Å². The van der Waals surface area contributed by atoms with Gasteiger partial charge in [0.1, 0.15) is 6.04 Å². The molecule has 0 bridgehead atoms. The van der Waals surface area contributed by atoms with Crippen molar-refractivity contribution in [3.63, 3.8) is 0 Å². The standard InChI is InChI=1S/C17H26N2O4/c1-5-6-9-13(15(21)22)18-16(23)17(3,4)11-19-12(2)8-7-10-14(19)20/h7-8,10,13H,5-6,9,11H2,1-4H3,(H,18,23)(H,21,22). The Morgan fingerprint density at radius 2 is 2.00 bits per heavy atom. The van der Waals surface area contributed by atoms with E-state index in [9.17, 15) is 19.5 Å². The van der Waals surface area contributed by atoms with Crippen LogP contribution in [0.15, 0.2) is 23.0 Å². The normalized spacial score (nSPS) is 12.7. The molecule has 0 aliphatic carbocycles. The van der Waals surface area contributed by atoms with Crippen LogP contribution in [0.3, 0.4) is 0 Å². The average Bonchev–Trinajstić information content (AvgIpc) is 2.46. The summed E-state index contributed by atoms with van der Waals surface area (Å²) in [6, 6.07) is 4.03. The second kappa shape index (κ2) is 7.94. The molecule has 6 heteroatoms. The van der Waals surface area contributed by atoms with Crippen LogP contribution in [0, 0.1) is 12.3 Å². The zero-order chi connectivity index (χ0) is 17.6. The van der Waals surface area contributed by atoms with Gasteiger partial charge in [0, 0.05) is 18.3 Å². The van der Waals surface area contributed by atoms with E-state index < -0.39 is 17.4 Å². The third-order valence-electron chi connectivity index (χ3n) is 3.89. The maximum absolute atomic E-state index is 12.5. The molecule has 2 N–H and O–H groups in total. The third-order valence-corrected chi connectivity index (χ3v) is 3.89. The fraction of sp³-hybridized carbons (Fsp3) is 0.588. The summed E-state index contributed by atoms with van der Waals surface area (Å²) in [5, 5.41) is 11.8. The van der Waals surface area contributed by atoms with Crippen LogP contribution in [0.1, 0.15) is 45.7 Å². The molecule has 1 aromatic heterocycles. The maximum Gasteiger partial charge on any atom is 0.326 e. The number of hydrogen-bond acceptors (Lipinski definition) is 3. The molecule has 128 valence electrons. The van der Waals surface area contributed by atoms with E-state index >= 15 is 0 Å². The number of nitrogens with one attached hydrogen (secondary N) is 1. The van der Waals surface area contributed by atoms with Gasteiger partial charge in [-0.25, -0.2) is 4.79 Å². The van der Waals surface area contributed by atoms with Gasteiger partial charge in [-0.1, -0.05) is 25.8 Å². The first-order chi connectivity index (χ1) is 10.7. The van der Waals surface area contributed by atoms with Crippen molar-refractivity contribution in [3.05, 3.63) is 34.2 Å². The molecule has 1 aromatic rings. The summed E-state index contributed by atoms with van der Waals surface area (Å²) in [6.45, 7) is 7.39. The number of carbonyl (C=O) groups is 2. The van der Waals surface area contributed by atoms with Crippen molar-refractivity contribution in [1.82, 2.24) is 9.88 Å². The van der Waals surface area contributed by atoms with Crippen LogP contribution >= 0.6 is 0 Å². The topological polar surface area (TPSA) is 88.4 Å². The molecule has 0 aliphatic heterocycles. The van der Waals surface area contributed by atoms with Crippen LogP contribution in [-0.4, -0.2) is 27.6 Å². The second-order valence-electron chi connectivity index (χ2n) is 6.48. The Hall–Kier alpha value is -2.11. The lowest BCUT2D eigenvalue weighted by molar-refractivity contribution is -0.143. The minimum atomic E-state index is -1.03. The van der Waals surface area contributed by atoms with Gasteiger partial charge in [-0.15, -0.1) is 0 Å². The molecule has 1 heterocycles. The van der Waals surface area contributed by atoms with Gasteiger partial charge in [0.05, 0.1) is 5.41 Å². The summed E-state index contributed by atoms with van der Waals surface area (Å²) in [5.74, 6) is -1.40. The van der Waals surface area contributed by atoms with Gasteiger partial charge in [0.2, 0.25) is 5.91 Å². The van der Waals surface area contributed by atoms with Gasteiger partial charge < -0.3 is 15.0 Å². The highest BCUT2D eigenvalue weighted by Crippen LogP contribution is 2.19. The fourth-order valence-corrected chi connectivity index (χ4v) is 2.31. The van der Waals surface area contributed by atoms with Gasteiger partial charge in [-0.05, 0) is 33.3 Å². The third kappa shape index (κ3) is 5.23. The van der Waals surface area contributed by atoms with Crippen molar-refractivity contribution in [2.75, 3.05) is 0 Å². The molecule has 6 nitrogen and oxygen atoms in total. The van der Waals surface area contributed by atoms with E-state index in [-0.39, 0.29) is 18.0 Å². The van der Waals surface area contributed by atoms with Crippen molar-refractivity contribution in [1.29, 1.82) is 0 Å². The first kappa shape index (κ1) is 18.9. The van der Waals surface area contributed by atoms with Crippen molar-refractivity contribution in [3.8, 4) is 0 Å². The van der Waals surface area contributed by atoms with E-state index in [1.165, 1.54) is 10.6 Å². The van der Waals surface area contributed by atoms with Gasteiger partial charge >= 0.3 is 5.97 Å². The second-order valence-corrected chi connectivity index (χ2v) is 6.48. The highest BCUT2D eigenvalue weighted by Gasteiger charge is 2.32. The lowest BCUT2D eigenvalue weighted by Gasteiger charge is -2.27. The Morgan fingerprint density at radius 1 is 1.35 bits per heavy atom. The number of pyridine rings is 1. The molecule has 1 rings (SSSR count). The van der Waals surface area contributed by atoms with Crippen molar-refractivity contribution < 1.29 is 14.7 Å². The summed E-state index contributed by atoms with van der Waals surface area (Å²) < 4.78 is 1.53. The summed E-state index contributed by atoms with van der Waals surface area (Å²) in [7, 11) is 0. The molecule has 0 radical (unpaired) electrons. The smallest absolute Gasteiger partial charge is 0.326 e. The molecular weight excluding hydrogens is 296 g/mol. The largest absolute Gasteiger partial charge is 0.480 e. The van der Waals surface area contributed by atoms with Gasteiger partial charge in [0.25, 0.3) is 5.56 Å². The number of carboxylic acid groups (broad SMARTS) is 1. The van der Waals surface area contributed by atoms with Crippen molar-refractivity contribution in [2.24, 2.45) is 5.41 Å². The molecule has 1 atom stereocenters. The quantitative estimate of drug-likeness (QED) is 0.765. The van der Waals surface area contributed by atoms with E-state index in [0.29, 0.717) is 6.42 Å². The van der Waals surface area contributed by atoms with Gasteiger partial charge in [-0.2, -0.15) is 0 Å². The van der Waals surface area contributed by atoms with Crippen LogP contribution in [0.2, 0.25) is 0 Å². The molecule has 0 fully saturated rings. The van der Waals surface area contributed by atoms with E-state index in [0.717, 1.165) is 18.5 Å².